The highest BCUT2D eigenvalue weighted by atomic mass is 127. The molecule has 12 atom stereocenters. The number of aliphatic hydroxyl groups is 2. The third kappa shape index (κ3) is 5.82. The number of benzene rings is 1. The van der Waals surface area contributed by atoms with Gasteiger partial charge in [-0.15, -0.1) is 0 Å². The van der Waals surface area contributed by atoms with Gasteiger partial charge in [-0.3, -0.25) is 24.2 Å². The first-order valence-electron chi connectivity index (χ1n) is 22.2. The van der Waals surface area contributed by atoms with E-state index in [1.54, 1.807) is 7.11 Å². The number of allylic oxidation sites excluding steroid dienone is 1. The van der Waals surface area contributed by atoms with E-state index in [0.29, 0.717) is 84.1 Å². The van der Waals surface area contributed by atoms with E-state index >= 15 is 4.79 Å². The van der Waals surface area contributed by atoms with Crippen molar-refractivity contribution >= 4 is 65.2 Å². The quantitative estimate of drug-likeness (QED) is 0.0984. The van der Waals surface area contributed by atoms with Crippen LogP contribution in [0.25, 0.3) is 5.57 Å². The Morgan fingerprint density at radius 1 is 1.02 bits per heavy atom. The van der Waals surface area contributed by atoms with Crippen molar-refractivity contribution in [3.8, 4) is 0 Å². The molecule has 6 aliphatic heterocycles. The van der Waals surface area contributed by atoms with Crippen molar-refractivity contribution in [2.24, 2.45) is 28.1 Å². The van der Waals surface area contributed by atoms with E-state index in [2.05, 4.69) is 57.5 Å². The van der Waals surface area contributed by atoms with Crippen LogP contribution in [0.2, 0.25) is 0 Å². The van der Waals surface area contributed by atoms with Gasteiger partial charge in [-0.05, 0) is 109 Å². The van der Waals surface area contributed by atoms with Crippen molar-refractivity contribution in [1.29, 1.82) is 0 Å². The molecule has 13 nitrogen and oxygen atoms in total. The highest BCUT2D eigenvalue weighted by Crippen LogP contribution is 2.70. The van der Waals surface area contributed by atoms with Crippen LogP contribution in [0.1, 0.15) is 70.4 Å². The molecule has 1 amide bonds. The number of nitrogens with zero attached hydrogens (tertiary/aromatic N) is 3. The molecule has 1 spiro atoms. The first kappa shape index (κ1) is 43.9. The number of hydrogen-bond acceptors (Lipinski definition) is 12. The molecule has 4 fully saturated rings. The van der Waals surface area contributed by atoms with Gasteiger partial charge in [0.05, 0.1) is 37.4 Å². The lowest BCUT2D eigenvalue weighted by molar-refractivity contribution is -0.242. The van der Waals surface area contributed by atoms with Crippen LogP contribution >= 0.6 is 22.6 Å². The van der Waals surface area contributed by atoms with Gasteiger partial charge >= 0.3 is 17.9 Å². The second-order valence-corrected chi connectivity index (χ2v) is 20.5. The highest BCUT2D eigenvalue weighted by Gasteiger charge is 2.82. The van der Waals surface area contributed by atoms with Gasteiger partial charge in [0.1, 0.15) is 0 Å². The van der Waals surface area contributed by atoms with Gasteiger partial charge in [-0.1, -0.05) is 55.1 Å². The summed E-state index contributed by atoms with van der Waals surface area (Å²) in [5, 5.41) is 25.4. The zero-order valence-electron chi connectivity index (χ0n) is 36.9. The highest BCUT2D eigenvalue weighted by molar-refractivity contribution is 14.1. The number of likely N-dealkylation sites (tertiary alicyclic amines) is 1. The number of piperidine rings is 1. The van der Waals surface area contributed by atoms with Gasteiger partial charge in [-0.2, -0.15) is 0 Å². The van der Waals surface area contributed by atoms with Gasteiger partial charge in [0.2, 0.25) is 12.0 Å². The van der Waals surface area contributed by atoms with Gasteiger partial charge < -0.3 is 34.1 Å². The van der Waals surface area contributed by atoms with Crippen LogP contribution in [0.3, 0.4) is 0 Å². The van der Waals surface area contributed by atoms with Crippen LogP contribution in [0.15, 0.2) is 53.2 Å². The SMILES string of the molecule is CC[C@]1(O)C[C@H]2CN(CCC3=C(Bc4cc(I)c(C)cc43)[C@@](C(=O)OC)(C3C=C4C(=CC3OC)N(C=O)[C@H]3[C@@](O)(C(=O)OC)[C@H](OC(C)=O)[C@]5(CC)C=CCN6CC[C@]43[C@@H]65)C2)C1. The Morgan fingerprint density at radius 3 is 2.44 bits per heavy atom. The number of rotatable bonds is 8. The summed E-state index contributed by atoms with van der Waals surface area (Å²) in [6.45, 7) is 10.5. The maximum Gasteiger partial charge on any atom is 0.344 e. The Balaban J connectivity index is 1.34. The van der Waals surface area contributed by atoms with Gasteiger partial charge in [-0.25, -0.2) is 4.79 Å². The maximum absolute atomic E-state index is 15.5. The standard InChI is InChI=1S/C47H59BIN3O10/c1-8-43(57)21-28-22-46(41(55)60-6,37-29(11-15-50(23-28)24-43)30-17-26(3)34(49)19-33(30)48-37)32-18-31-35(20-36(32)59-5)52(25-53)39-45(31)13-16-51-14-10-12-44(9-2,38(45)51)40(62-27(4)54)47(39,58)42(56)61-7/h10,12,17-20,25,28,32,36,38-40,48,57-58H,8-9,11,13-16,21-24H2,1-7H3/t28-,32?,36?,38+,39-,40-,43+,44-,45-,46+,47+/m1/s1. The number of esters is 3. The maximum atomic E-state index is 15.5. The summed E-state index contributed by atoms with van der Waals surface area (Å²) < 4.78 is 25.2. The monoisotopic (exact) mass is 963 g/mol. The average Bonchev–Trinajstić information content (AvgIpc) is 3.92. The number of halogens is 1. The number of ether oxygens (including phenoxy) is 4. The largest absolute Gasteiger partial charge is 0.468 e. The van der Waals surface area contributed by atoms with E-state index in [1.165, 1.54) is 26.0 Å². The lowest BCUT2D eigenvalue weighted by atomic mass is 9.46. The summed E-state index contributed by atoms with van der Waals surface area (Å²) >= 11 is 2.38. The normalized spacial score (nSPS) is 40.2. The van der Waals surface area contributed by atoms with Gasteiger partial charge in [0, 0.05) is 72.3 Å². The Hall–Kier alpha value is -3.35. The minimum absolute atomic E-state index is 0.0886. The molecule has 1 aromatic rings. The van der Waals surface area contributed by atoms with Crippen LogP contribution in [0, 0.1) is 38.6 Å². The Labute approximate surface area is 378 Å². The fourth-order valence-corrected chi connectivity index (χ4v) is 14.9. The van der Waals surface area contributed by atoms with Crippen molar-refractivity contribution in [3.05, 3.63) is 67.9 Å². The fourth-order valence-electron chi connectivity index (χ4n) is 14.4. The lowest BCUT2D eigenvalue weighted by Gasteiger charge is -2.63. The van der Waals surface area contributed by atoms with E-state index in [-0.39, 0.29) is 11.9 Å². The molecule has 0 aromatic heterocycles. The molecule has 3 saturated heterocycles. The average molecular weight is 964 g/mol. The first-order valence-corrected chi connectivity index (χ1v) is 23.3. The molecular weight excluding hydrogens is 904 g/mol. The second-order valence-electron chi connectivity index (χ2n) is 19.3. The summed E-state index contributed by atoms with van der Waals surface area (Å²) in [6, 6.07) is 2.82. The van der Waals surface area contributed by atoms with E-state index in [1.807, 2.05) is 32.1 Å². The first-order chi connectivity index (χ1) is 29.6. The minimum Gasteiger partial charge on any atom is -0.468 e. The smallest absolute Gasteiger partial charge is 0.344 e. The van der Waals surface area contributed by atoms with Crippen LogP contribution in [-0.4, -0.2) is 146 Å². The Kier molecular flexibility index (Phi) is 10.9. The molecule has 2 bridgehead atoms. The molecule has 1 aromatic carbocycles. The van der Waals surface area contributed by atoms with E-state index < -0.39 is 69.6 Å². The zero-order chi connectivity index (χ0) is 44.3. The van der Waals surface area contributed by atoms with Crippen LogP contribution in [0.4, 0.5) is 0 Å². The number of methoxy groups -OCH3 is 3. The fraction of sp³-hybridized carbons (Fsp3) is 0.617. The van der Waals surface area contributed by atoms with Crippen molar-refractivity contribution in [3.63, 3.8) is 0 Å². The topological polar surface area (TPSA) is 155 Å². The molecule has 6 heterocycles. The van der Waals surface area contributed by atoms with E-state index in [9.17, 15) is 24.6 Å². The second kappa shape index (κ2) is 15.4. The lowest BCUT2D eigenvalue weighted by Crippen LogP contribution is -2.80. The summed E-state index contributed by atoms with van der Waals surface area (Å²) in [4.78, 5) is 63.0. The van der Waals surface area contributed by atoms with Gasteiger partial charge in [0.25, 0.3) is 0 Å². The van der Waals surface area contributed by atoms with Gasteiger partial charge in [0.15, 0.2) is 13.4 Å². The summed E-state index contributed by atoms with van der Waals surface area (Å²) in [6.07, 6.45) is 9.53. The number of amides is 1. The molecule has 2 N–H and O–H groups in total. The molecule has 8 aliphatic rings. The molecule has 62 heavy (non-hydrogen) atoms. The summed E-state index contributed by atoms with van der Waals surface area (Å²) in [7, 11) is 4.78. The number of fused-ring (bicyclic) bond motifs is 5. The van der Waals surface area contributed by atoms with Crippen LogP contribution < -0.4 is 5.46 Å². The van der Waals surface area contributed by atoms with Crippen molar-refractivity contribution < 1.29 is 48.3 Å². The van der Waals surface area contributed by atoms with Crippen LogP contribution in [-0.2, 0) is 38.1 Å². The third-order valence-corrected chi connectivity index (χ3v) is 17.8. The molecule has 15 heteroatoms. The number of carbonyl (C=O) groups excluding carboxylic acids is 4. The predicted molar refractivity (Wildman–Crippen MR) is 240 cm³/mol. The predicted octanol–water partition coefficient (Wildman–Crippen LogP) is 2.97. The number of aryl methyl sites for hydroxylation is 1. The zero-order valence-corrected chi connectivity index (χ0v) is 39.0. The van der Waals surface area contributed by atoms with Crippen molar-refractivity contribution in [2.75, 3.05) is 54.1 Å². The number of hydrogen-bond donors (Lipinski definition) is 2. The Morgan fingerprint density at radius 2 is 1.77 bits per heavy atom. The van der Waals surface area contributed by atoms with Crippen molar-refractivity contribution in [2.45, 2.75) is 102 Å². The summed E-state index contributed by atoms with van der Waals surface area (Å²) in [5.41, 5.74) is -0.111. The number of carbonyl (C=O) groups is 4. The molecular formula is C47H59BIN3O10. The third-order valence-electron chi connectivity index (χ3n) is 16.6. The molecule has 332 valence electrons. The molecule has 2 aliphatic carbocycles. The Bertz CT molecular complexity index is 2250. The van der Waals surface area contributed by atoms with Crippen LogP contribution in [0.5, 0.6) is 0 Å². The molecule has 0 radical (unpaired) electrons. The summed E-state index contributed by atoms with van der Waals surface area (Å²) in [5.74, 6) is -2.82. The van der Waals surface area contributed by atoms with E-state index in [4.69, 9.17) is 18.9 Å². The minimum atomic E-state index is -2.51. The van der Waals surface area contributed by atoms with Crippen molar-refractivity contribution in [1.82, 2.24) is 14.7 Å². The molecule has 1 saturated carbocycles. The molecule has 9 rings (SSSR count). The van der Waals surface area contributed by atoms with E-state index in [0.717, 1.165) is 43.3 Å². The molecule has 3 unspecified atom stereocenters.